The van der Waals surface area contributed by atoms with Gasteiger partial charge in [-0.05, 0) is 30.7 Å². The van der Waals surface area contributed by atoms with Gasteiger partial charge in [0.1, 0.15) is 11.4 Å². The number of aryl methyl sites for hydroxylation is 1. The molecule has 0 aliphatic carbocycles. The number of methoxy groups -OCH3 is 1. The highest BCUT2D eigenvalue weighted by molar-refractivity contribution is 5.47. The van der Waals surface area contributed by atoms with Gasteiger partial charge in [-0.3, -0.25) is 0 Å². The molecule has 1 aromatic heterocycles. The van der Waals surface area contributed by atoms with E-state index >= 15 is 0 Å². The van der Waals surface area contributed by atoms with E-state index in [0.29, 0.717) is 0 Å². The lowest BCUT2D eigenvalue weighted by molar-refractivity contribution is 0.411. The molecule has 0 spiro atoms. The van der Waals surface area contributed by atoms with Crippen LogP contribution in [0.15, 0.2) is 36.7 Å². The van der Waals surface area contributed by atoms with E-state index in [9.17, 15) is 0 Å². The Morgan fingerprint density at radius 1 is 1.36 bits per heavy atom. The second-order valence-electron chi connectivity index (χ2n) is 3.13. The summed E-state index contributed by atoms with van der Waals surface area (Å²) in [6.45, 7) is 2.04. The Morgan fingerprint density at radius 2 is 2.21 bits per heavy atom. The Hall–Kier alpha value is -1.77. The van der Waals surface area contributed by atoms with Crippen LogP contribution in [0.5, 0.6) is 5.75 Å². The first kappa shape index (κ1) is 8.81. The summed E-state index contributed by atoms with van der Waals surface area (Å²) in [4.78, 5) is 0. The maximum absolute atomic E-state index is 5.29. The number of hydrogen-bond donors (Lipinski definition) is 0. The molecule has 3 heteroatoms. The number of rotatable bonds is 2. The normalized spacial score (nSPS) is 10.1. The van der Waals surface area contributed by atoms with Crippen molar-refractivity contribution >= 4 is 0 Å². The third-order valence-electron chi connectivity index (χ3n) is 2.09. The van der Waals surface area contributed by atoms with Crippen molar-refractivity contribution in [2.45, 2.75) is 6.92 Å². The second kappa shape index (κ2) is 3.54. The van der Waals surface area contributed by atoms with E-state index in [4.69, 9.17) is 4.74 Å². The average molecular weight is 188 g/mol. The summed E-state index contributed by atoms with van der Waals surface area (Å²) >= 11 is 0. The molecule has 0 amide bonds. The van der Waals surface area contributed by atoms with Crippen LogP contribution in [0.2, 0.25) is 0 Å². The lowest BCUT2D eigenvalue weighted by Crippen LogP contribution is -1.98. The molecule has 0 saturated carbocycles. The molecule has 0 aliphatic rings. The predicted molar refractivity (Wildman–Crippen MR) is 54.9 cm³/mol. The monoisotopic (exact) mass is 188 g/mol. The zero-order valence-corrected chi connectivity index (χ0v) is 8.27. The molecule has 0 fully saturated rings. The van der Waals surface area contributed by atoms with Crippen molar-refractivity contribution in [3.63, 3.8) is 0 Å². The van der Waals surface area contributed by atoms with Crippen molar-refractivity contribution in [1.82, 2.24) is 9.78 Å². The summed E-state index contributed by atoms with van der Waals surface area (Å²) in [5.41, 5.74) is 2.14. The Morgan fingerprint density at radius 3 is 2.86 bits per heavy atom. The lowest BCUT2D eigenvalue weighted by atomic mass is 10.2. The standard InChI is InChI=1S/C11H12N2O/c1-9-4-5-10(11(8-9)14-2)13-7-3-6-12-13/h3-8H,1-2H3. The van der Waals surface area contributed by atoms with E-state index in [-0.39, 0.29) is 0 Å². The Labute approximate surface area is 82.9 Å². The summed E-state index contributed by atoms with van der Waals surface area (Å²) in [6, 6.07) is 7.93. The van der Waals surface area contributed by atoms with Gasteiger partial charge in [0, 0.05) is 12.4 Å². The largest absolute Gasteiger partial charge is 0.494 e. The minimum absolute atomic E-state index is 0.841. The molecular formula is C11H12N2O. The topological polar surface area (TPSA) is 27.1 Å². The fourth-order valence-electron chi connectivity index (χ4n) is 1.39. The third kappa shape index (κ3) is 1.48. The van der Waals surface area contributed by atoms with Gasteiger partial charge in [0.25, 0.3) is 0 Å². The molecule has 0 unspecified atom stereocenters. The molecule has 2 rings (SSSR count). The summed E-state index contributed by atoms with van der Waals surface area (Å²) in [5, 5.41) is 4.16. The Balaban J connectivity index is 2.53. The molecule has 0 N–H and O–H groups in total. The zero-order valence-electron chi connectivity index (χ0n) is 8.27. The quantitative estimate of drug-likeness (QED) is 0.722. The van der Waals surface area contributed by atoms with Crippen molar-refractivity contribution in [3.8, 4) is 11.4 Å². The van der Waals surface area contributed by atoms with Crippen LogP contribution in [-0.4, -0.2) is 16.9 Å². The molecule has 1 heterocycles. The van der Waals surface area contributed by atoms with Crippen LogP contribution in [0.4, 0.5) is 0 Å². The smallest absolute Gasteiger partial charge is 0.144 e. The van der Waals surface area contributed by atoms with Crippen molar-refractivity contribution in [2.24, 2.45) is 0 Å². The average Bonchev–Trinajstić information content (AvgIpc) is 2.70. The molecule has 2 aromatic rings. The van der Waals surface area contributed by atoms with Crippen molar-refractivity contribution < 1.29 is 4.74 Å². The molecule has 0 atom stereocenters. The minimum atomic E-state index is 0.841. The molecule has 72 valence electrons. The lowest BCUT2D eigenvalue weighted by Gasteiger charge is -2.08. The molecule has 0 aliphatic heterocycles. The van der Waals surface area contributed by atoms with Gasteiger partial charge in [-0.15, -0.1) is 0 Å². The van der Waals surface area contributed by atoms with Gasteiger partial charge in [-0.1, -0.05) is 6.07 Å². The zero-order chi connectivity index (χ0) is 9.97. The van der Waals surface area contributed by atoms with Gasteiger partial charge in [0.2, 0.25) is 0 Å². The van der Waals surface area contributed by atoms with Crippen molar-refractivity contribution in [3.05, 3.63) is 42.2 Å². The third-order valence-corrected chi connectivity index (χ3v) is 2.09. The van der Waals surface area contributed by atoms with Crippen LogP contribution in [0, 0.1) is 6.92 Å². The highest BCUT2D eigenvalue weighted by Crippen LogP contribution is 2.22. The van der Waals surface area contributed by atoms with Crippen LogP contribution >= 0.6 is 0 Å². The first-order valence-corrected chi connectivity index (χ1v) is 4.46. The van der Waals surface area contributed by atoms with Crippen LogP contribution in [0.3, 0.4) is 0 Å². The van der Waals surface area contributed by atoms with Crippen molar-refractivity contribution in [2.75, 3.05) is 7.11 Å². The van der Waals surface area contributed by atoms with Gasteiger partial charge in [-0.2, -0.15) is 5.10 Å². The molecular weight excluding hydrogens is 176 g/mol. The number of benzene rings is 1. The SMILES string of the molecule is COc1cc(C)ccc1-n1cccn1. The first-order chi connectivity index (χ1) is 6.81. The molecule has 0 bridgehead atoms. The summed E-state index contributed by atoms with van der Waals surface area (Å²) in [5.74, 6) is 0.841. The number of ether oxygens (including phenoxy) is 1. The van der Waals surface area contributed by atoms with Crippen LogP contribution in [-0.2, 0) is 0 Å². The van der Waals surface area contributed by atoms with Gasteiger partial charge < -0.3 is 4.74 Å². The van der Waals surface area contributed by atoms with Crippen molar-refractivity contribution in [1.29, 1.82) is 0 Å². The highest BCUT2D eigenvalue weighted by Gasteiger charge is 2.04. The van der Waals surface area contributed by atoms with E-state index in [1.807, 2.05) is 37.4 Å². The van der Waals surface area contributed by atoms with Gasteiger partial charge in [0.15, 0.2) is 0 Å². The highest BCUT2D eigenvalue weighted by atomic mass is 16.5. The fourth-order valence-corrected chi connectivity index (χ4v) is 1.39. The van der Waals surface area contributed by atoms with Gasteiger partial charge in [-0.25, -0.2) is 4.68 Å². The molecule has 3 nitrogen and oxygen atoms in total. The molecule has 0 radical (unpaired) electrons. The van der Waals surface area contributed by atoms with Gasteiger partial charge >= 0.3 is 0 Å². The van der Waals surface area contributed by atoms with E-state index < -0.39 is 0 Å². The second-order valence-corrected chi connectivity index (χ2v) is 3.13. The van der Waals surface area contributed by atoms with Gasteiger partial charge in [0.05, 0.1) is 7.11 Å². The van der Waals surface area contributed by atoms with E-state index in [1.54, 1.807) is 18.0 Å². The molecule has 1 aromatic carbocycles. The van der Waals surface area contributed by atoms with Crippen LogP contribution in [0.25, 0.3) is 5.69 Å². The van der Waals surface area contributed by atoms with Crippen LogP contribution < -0.4 is 4.74 Å². The number of hydrogen-bond acceptors (Lipinski definition) is 2. The maximum atomic E-state index is 5.29. The number of aromatic nitrogens is 2. The predicted octanol–water partition coefficient (Wildman–Crippen LogP) is 2.19. The molecule has 0 saturated heterocycles. The maximum Gasteiger partial charge on any atom is 0.144 e. The first-order valence-electron chi connectivity index (χ1n) is 4.46. The fraction of sp³-hybridized carbons (Fsp3) is 0.182. The number of nitrogens with zero attached hydrogens (tertiary/aromatic N) is 2. The Bertz CT molecular complexity index is 421. The summed E-state index contributed by atoms with van der Waals surface area (Å²) in [6.07, 6.45) is 3.65. The van der Waals surface area contributed by atoms with E-state index in [0.717, 1.165) is 11.4 Å². The minimum Gasteiger partial charge on any atom is -0.494 e. The van der Waals surface area contributed by atoms with Crippen LogP contribution in [0.1, 0.15) is 5.56 Å². The van der Waals surface area contributed by atoms with E-state index in [1.165, 1.54) is 5.56 Å². The summed E-state index contributed by atoms with van der Waals surface area (Å²) in [7, 11) is 1.67. The molecule has 14 heavy (non-hydrogen) atoms. The summed E-state index contributed by atoms with van der Waals surface area (Å²) < 4.78 is 7.08. The Kier molecular flexibility index (Phi) is 2.23. The van der Waals surface area contributed by atoms with E-state index in [2.05, 4.69) is 5.10 Å².